The highest BCUT2D eigenvalue weighted by atomic mass is 19.1. The minimum absolute atomic E-state index is 0.226. The maximum Gasteiger partial charge on any atom is 0.178 e. The summed E-state index contributed by atoms with van der Waals surface area (Å²) in [6, 6.07) is 3.55. The lowest BCUT2D eigenvalue weighted by molar-refractivity contribution is 0.122. The lowest BCUT2D eigenvalue weighted by Crippen LogP contribution is -2.39. The molecule has 2 fully saturated rings. The number of fused-ring (bicyclic) bond motifs is 2. The fourth-order valence-electron chi connectivity index (χ4n) is 3.58. The van der Waals surface area contributed by atoms with Gasteiger partial charge in [0.25, 0.3) is 0 Å². The highest BCUT2D eigenvalue weighted by Gasteiger charge is 2.27. The lowest BCUT2D eigenvalue weighted by Gasteiger charge is -2.29. The van der Waals surface area contributed by atoms with Crippen LogP contribution in [-0.4, -0.2) is 49.4 Å². The van der Waals surface area contributed by atoms with Gasteiger partial charge >= 0.3 is 0 Å². The van der Waals surface area contributed by atoms with E-state index in [4.69, 9.17) is 9.47 Å². The second kappa shape index (κ2) is 6.37. The molecule has 1 aromatic heterocycles. The van der Waals surface area contributed by atoms with Crippen LogP contribution in [-0.2, 0) is 11.3 Å². The second-order valence-electron chi connectivity index (χ2n) is 6.77. The van der Waals surface area contributed by atoms with Gasteiger partial charge in [-0.05, 0) is 17.7 Å². The molecule has 2 saturated heterocycles. The SMILES string of the molecule is Fc1cc(C2CNC2)cc2c1OCc1c(ncnc1N1CCOCC1)N2. The molecule has 5 rings (SSSR count). The van der Waals surface area contributed by atoms with Crippen LogP contribution in [0.15, 0.2) is 18.5 Å². The highest BCUT2D eigenvalue weighted by Crippen LogP contribution is 2.39. The third-order valence-corrected chi connectivity index (χ3v) is 5.17. The topological polar surface area (TPSA) is 71.5 Å². The number of nitrogens with zero attached hydrogens (tertiary/aromatic N) is 3. The molecule has 0 unspecified atom stereocenters. The zero-order valence-corrected chi connectivity index (χ0v) is 14.3. The van der Waals surface area contributed by atoms with Crippen molar-refractivity contribution in [1.82, 2.24) is 15.3 Å². The molecule has 0 amide bonds. The fourth-order valence-corrected chi connectivity index (χ4v) is 3.58. The monoisotopic (exact) mass is 357 g/mol. The number of hydrogen-bond acceptors (Lipinski definition) is 7. The van der Waals surface area contributed by atoms with Gasteiger partial charge in [0.2, 0.25) is 0 Å². The van der Waals surface area contributed by atoms with Crippen molar-refractivity contribution in [1.29, 1.82) is 0 Å². The Balaban J connectivity index is 1.52. The number of benzene rings is 1. The van der Waals surface area contributed by atoms with Crippen molar-refractivity contribution in [2.45, 2.75) is 12.5 Å². The zero-order valence-electron chi connectivity index (χ0n) is 14.3. The van der Waals surface area contributed by atoms with Gasteiger partial charge in [-0.25, -0.2) is 14.4 Å². The standard InChI is InChI=1S/C18H20FN5O2/c19-14-5-11(12-7-20-8-12)6-15-16(14)26-9-13-17(23-15)21-10-22-18(13)24-1-3-25-4-2-24/h5-6,10,12,20H,1-4,7-9H2,(H,21,22,23). The highest BCUT2D eigenvalue weighted by molar-refractivity contribution is 5.72. The van der Waals surface area contributed by atoms with E-state index in [1.807, 2.05) is 6.07 Å². The van der Waals surface area contributed by atoms with Gasteiger partial charge in [-0.15, -0.1) is 0 Å². The smallest absolute Gasteiger partial charge is 0.178 e. The van der Waals surface area contributed by atoms with Gasteiger partial charge in [0.1, 0.15) is 24.6 Å². The van der Waals surface area contributed by atoms with Gasteiger partial charge in [-0.2, -0.15) is 0 Å². The Morgan fingerprint density at radius 2 is 2.00 bits per heavy atom. The normalized spacial score (nSPS) is 19.5. The van der Waals surface area contributed by atoms with Gasteiger partial charge in [0.05, 0.1) is 24.5 Å². The third-order valence-electron chi connectivity index (χ3n) is 5.17. The predicted molar refractivity (Wildman–Crippen MR) is 94.7 cm³/mol. The first-order valence-electron chi connectivity index (χ1n) is 8.90. The van der Waals surface area contributed by atoms with Crippen molar-refractivity contribution in [3.8, 4) is 5.75 Å². The molecule has 3 aliphatic heterocycles. The summed E-state index contributed by atoms with van der Waals surface area (Å²) in [6.45, 7) is 4.84. The van der Waals surface area contributed by atoms with Crippen LogP contribution in [0.2, 0.25) is 0 Å². The van der Waals surface area contributed by atoms with Crippen molar-refractivity contribution in [3.63, 3.8) is 0 Å². The summed E-state index contributed by atoms with van der Waals surface area (Å²) in [6.07, 6.45) is 1.54. The van der Waals surface area contributed by atoms with E-state index in [0.717, 1.165) is 43.1 Å². The van der Waals surface area contributed by atoms with Crippen LogP contribution < -0.4 is 20.3 Å². The van der Waals surface area contributed by atoms with Crippen molar-refractivity contribution in [3.05, 3.63) is 35.4 Å². The Morgan fingerprint density at radius 1 is 1.15 bits per heavy atom. The Kier molecular flexibility index (Phi) is 3.86. The van der Waals surface area contributed by atoms with Crippen LogP contribution in [0.25, 0.3) is 0 Å². The molecule has 1 aromatic carbocycles. The average molecular weight is 357 g/mol. The Bertz CT molecular complexity index is 837. The van der Waals surface area contributed by atoms with Crippen molar-refractivity contribution < 1.29 is 13.9 Å². The van der Waals surface area contributed by atoms with E-state index in [1.54, 1.807) is 6.07 Å². The van der Waals surface area contributed by atoms with Crippen LogP contribution in [0.5, 0.6) is 5.75 Å². The fraction of sp³-hybridized carbons (Fsp3) is 0.444. The number of rotatable bonds is 2. The lowest BCUT2D eigenvalue weighted by atomic mass is 9.93. The molecule has 0 aliphatic carbocycles. The Labute approximate surface area is 150 Å². The number of nitrogens with one attached hydrogen (secondary N) is 2. The molecule has 0 radical (unpaired) electrons. The summed E-state index contributed by atoms with van der Waals surface area (Å²) in [4.78, 5) is 11.0. The maximum absolute atomic E-state index is 14.7. The largest absolute Gasteiger partial charge is 0.483 e. The van der Waals surface area contributed by atoms with Gasteiger partial charge in [0, 0.05) is 32.1 Å². The van der Waals surface area contributed by atoms with Crippen LogP contribution in [0.4, 0.5) is 21.7 Å². The quantitative estimate of drug-likeness (QED) is 0.849. The first-order chi connectivity index (χ1) is 12.8. The van der Waals surface area contributed by atoms with Gasteiger partial charge in [-0.1, -0.05) is 0 Å². The van der Waals surface area contributed by atoms with Crippen molar-refractivity contribution in [2.75, 3.05) is 49.6 Å². The molecule has 7 nitrogen and oxygen atoms in total. The number of halogens is 1. The molecule has 0 spiro atoms. The Morgan fingerprint density at radius 3 is 2.77 bits per heavy atom. The van der Waals surface area contributed by atoms with E-state index in [1.165, 1.54) is 6.33 Å². The van der Waals surface area contributed by atoms with Gasteiger partial charge in [-0.3, -0.25) is 0 Å². The van der Waals surface area contributed by atoms with E-state index in [9.17, 15) is 4.39 Å². The zero-order chi connectivity index (χ0) is 17.5. The van der Waals surface area contributed by atoms with Crippen LogP contribution in [0, 0.1) is 5.82 Å². The number of ether oxygens (including phenoxy) is 2. The molecular weight excluding hydrogens is 337 g/mol. The molecule has 0 atom stereocenters. The Hall–Kier alpha value is -2.45. The summed E-state index contributed by atoms with van der Waals surface area (Å²) < 4.78 is 25.9. The van der Waals surface area contributed by atoms with Crippen molar-refractivity contribution in [2.24, 2.45) is 0 Å². The molecule has 3 aliphatic rings. The molecule has 26 heavy (non-hydrogen) atoms. The molecule has 0 saturated carbocycles. The van der Waals surface area contributed by atoms with Gasteiger partial charge in [0.15, 0.2) is 11.6 Å². The molecular formula is C18H20FN5O2. The molecule has 0 bridgehead atoms. The molecule has 8 heteroatoms. The number of aromatic nitrogens is 2. The summed E-state index contributed by atoms with van der Waals surface area (Å²) in [5, 5.41) is 6.49. The third kappa shape index (κ3) is 2.65. The first kappa shape index (κ1) is 15.8. The van der Waals surface area contributed by atoms with Crippen LogP contribution in [0.1, 0.15) is 17.0 Å². The van der Waals surface area contributed by atoms with Crippen LogP contribution in [0.3, 0.4) is 0 Å². The van der Waals surface area contributed by atoms with Crippen molar-refractivity contribution >= 4 is 17.3 Å². The number of anilines is 3. The predicted octanol–water partition coefficient (Wildman–Crippen LogP) is 1.78. The minimum Gasteiger partial charge on any atom is -0.483 e. The molecule has 136 valence electrons. The maximum atomic E-state index is 14.7. The summed E-state index contributed by atoms with van der Waals surface area (Å²) in [5.74, 6) is 1.73. The molecule has 2 N–H and O–H groups in total. The number of hydrogen-bond donors (Lipinski definition) is 2. The van der Waals surface area contributed by atoms with E-state index >= 15 is 0 Å². The summed E-state index contributed by atoms with van der Waals surface area (Å²) in [5.41, 5.74) is 2.44. The van der Waals surface area contributed by atoms with E-state index in [2.05, 4.69) is 25.5 Å². The van der Waals surface area contributed by atoms with Crippen LogP contribution >= 0.6 is 0 Å². The first-order valence-corrected chi connectivity index (χ1v) is 8.90. The summed E-state index contributed by atoms with van der Waals surface area (Å²) in [7, 11) is 0. The minimum atomic E-state index is -0.342. The van der Waals surface area contributed by atoms with Gasteiger partial charge < -0.3 is 25.0 Å². The molecule has 4 heterocycles. The molecule has 2 aromatic rings. The summed E-state index contributed by atoms with van der Waals surface area (Å²) >= 11 is 0. The number of morpholine rings is 1. The van der Waals surface area contributed by atoms with E-state index in [-0.39, 0.29) is 18.2 Å². The second-order valence-corrected chi connectivity index (χ2v) is 6.77. The average Bonchev–Trinajstić information content (AvgIpc) is 2.80. The van der Waals surface area contributed by atoms with E-state index in [0.29, 0.717) is 30.6 Å². The van der Waals surface area contributed by atoms with E-state index < -0.39 is 0 Å².